The number of carbonyl (C=O) groups is 2. The van der Waals surface area contributed by atoms with Gasteiger partial charge in [0.25, 0.3) is 0 Å². The Hall–Kier alpha value is -4.07. The number of rotatable bonds is 4. The minimum absolute atomic E-state index is 0. The molecule has 167 valence electrons. The average molecular weight is 483 g/mol. The topological polar surface area (TPSA) is 86.7 Å². The maximum absolute atomic E-state index is 11.1. The van der Waals surface area contributed by atoms with Gasteiger partial charge in [-0.3, -0.25) is 9.80 Å². The van der Waals surface area contributed by atoms with E-state index in [-0.39, 0.29) is 16.8 Å². The minimum atomic E-state index is -1.24. The molecule has 0 saturated carbocycles. The first-order valence-corrected chi connectivity index (χ1v) is 9.80. The van der Waals surface area contributed by atoms with Crippen LogP contribution in [0.5, 0.6) is 0 Å². The number of carbonyl (C=O) groups excluding carboxylic acids is 2. The molecule has 0 aliphatic heterocycles. The van der Waals surface area contributed by atoms with E-state index in [1.54, 1.807) is 97.1 Å². The van der Waals surface area contributed by atoms with E-state index >= 15 is 0 Å². The van der Waals surface area contributed by atoms with Gasteiger partial charge < -0.3 is 19.8 Å². The zero-order chi connectivity index (χ0) is 22.8. The molecule has 0 atom stereocenters. The molecule has 0 heterocycles. The normalized spacial score (nSPS) is 9.45. The van der Waals surface area contributed by atoms with Crippen LogP contribution >= 0.6 is 0 Å². The standard InChI is InChI=1S/2C13H11NO2.Co/c2*15-13(16)14(11-7-3-1-4-8-11)12-9-5-2-6-10-12;/h2*1-10H,(H,15,16);/q;;+2/p-2. The minimum Gasteiger partial charge on any atom is -0.529 e. The fourth-order valence-corrected chi connectivity index (χ4v) is 3.03. The summed E-state index contributed by atoms with van der Waals surface area (Å²) in [6, 6.07) is 35.4. The molecule has 7 heteroatoms. The first-order valence-electron chi connectivity index (χ1n) is 9.80. The summed E-state index contributed by atoms with van der Waals surface area (Å²) in [6.07, 6.45) is -2.48. The van der Waals surface area contributed by atoms with Crippen LogP contribution in [0, 0.1) is 0 Å². The van der Waals surface area contributed by atoms with Crippen LogP contribution < -0.4 is 20.0 Å². The fraction of sp³-hybridized carbons (Fsp3) is 0. The molecule has 0 fully saturated rings. The van der Waals surface area contributed by atoms with Crippen molar-refractivity contribution in [3.63, 3.8) is 0 Å². The number of hydrogen-bond donors (Lipinski definition) is 0. The van der Waals surface area contributed by atoms with Gasteiger partial charge in [-0.25, -0.2) is 0 Å². The second-order valence-corrected chi connectivity index (χ2v) is 6.54. The third-order valence-electron chi connectivity index (χ3n) is 4.42. The molecule has 0 spiro atoms. The predicted octanol–water partition coefficient (Wildman–Crippen LogP) is 4.33. The maximum Gasteiger partial charge on any atom is 2.00 e. The summed E-state index contributed by atoms with van der Waals surface area (Å²) in [5, 5.41) is 22.2. The molecule has 0 unspecified atom stereocenters. The van der Waals surface area contributed by atoms with Crippen molar-refractivity contribution in [1.29, 1.82) is 0 Å². The molecule has 1 radical (unpaired) electrons. The number of hydrogen-bond acceptors (Lipinski definition) is 4. The van der Waals surface area contributed by atoms with Crippen LogP contribution in [-0.2, 0) is 16.8 Å². The molecule has 33 heavy (non-hydrogen) atoms. The Morgan fingerprint density at radius 1 is 0.424 bits per heavy atom. The van der Waals surface area contributed by atoms with Gasteiger partial charge in [-0.2, -0.15) is 0 Å². The Kier molecular flexibility index (Phi) is 9.70. The van der Waals surface area contributed by atoms with Gasteiger partial charge in [-0.1, -0.05) is 72.8 Å². The molecule has 0 bridgehead atoms. The number of carboxylic acid groups (broad SMARTS) is 2. The summed E-state index contributed by atoms with van der Waals surface area (Å²) >= 11 is 0. The van der Waals surface area contributed by atoms with Crippen LogP contribution in [0.4, 0.5) is 32.3 Å². The van der Waals surface area contributed by atoms with Crippen molar-refractivity contribution in [3.05, 3.63) is 121 Å². The Balaban J connectivity index is 0.000000227. The first kappa shape index (κ1) is 25.2. The molecule has 0 aliphatic rings. The van der Waals surface area contributed by atoms with Gasteiger partial charge in [0, 0.05) is 22.7 Å². The summed E-state index contributed by atoms with van der Waals surface area (Å²) in [7, 11) is 0. The van der Waals surface area contributed by atoms with Crippen LogP contribution in [-0.4, -0.2) is 12.2 Å². The molecule has 6 nitrogen and oxygen atoms in total. The van der Waals surface area contributed by atoms with Crippen molar-refractivity contribution in [3.8, 4) is 0 Å². The van der Waals surface area contributed by atoms with E-state index in [0.29, 0.717) is 22.7 Å². The van der Waals surface area contributed by atoms with E-state index in [4.69, 9.17) is 0 Å². The van der Waals surface area contributed by atoms with E-state index in [1.807, 2.05) is 24.3 Å². The summed E-state index contributed by atoms with van der Waals surface area (Å²) in [4.78, 5) is 24.5. The number of nitrogens with zero attached hydrogens (tertiary/aromatic N) is 2. The van der Waals surface area contributed by atoms with Crippen molar-refractivity contribution in [2.24, 2.45) is 0 Å². The average Bonchev–Trinajstić information content (AvgIpc) is 2.82. The van der Waals surface area contributed by atoms with E-state index < -0.39 is 12.2 Å². The van der Waals surface area contributed by atoms with Crippen molar-refractivity contribution in [2.45, 2.75) is 0 Å². The van der Waals surface area contributed by atoms with E-state index in [1.165, 1.54) is 0 Å². The van der Waals surface area contributed by atoms with E-state index in [0.717, 1.165) is 9.80 Å². The number of benzene rings is 4. The zero-order valence-corrected chi connectivity index (χ0v) is 18.4. The molecule has 4 aromatic carbocycles. The van der Waals surface area contributed by atoms with Crippen molar-refractivity contribution >= 4 is 34.9 Å². The van der Waals surface area contributed by atoms with Crippen molar-refractivity contribution < 1.29 is 36.6 Å². The van der Waals surface area contributed by atoms with Gasteiger partial charge >= 0.3 is 16.8 Å². The Morgan fingerprint density at radius 2 is 0.606 bits per heavy atom. The van der Waals surface area contributed by atoms with Gasteiger partial charge in [0.05, 0.1) is 0 Å². The molecule has 4 rings (SSSR count). The van der Waals surface area contributed by atoms with Gasteiger partial charge in [-0.05, 0) is 48.5 Å². The molecule has 0 saturated heterocycles. The molecular weight excluding hydrogens is 463 g/mol. The SMILES string of the molecule is O=C([O-])N(c1ccccc1)c1ccccc1.O=C([O-])N(c1ccccc1)c1ccccc1.[Co+2]. The van der Waals surface area contributed by atoms with Gasteiger partial charge in [0.1, 0.15) is 12.2 Å². The Bertz CT molecular complexity index is 956. The van der Waals surface area contributed by atoms with Gasteiger partial charge in [-0.15, -0.1) is 0 Å². The third kappa shape index (κ3) is 6.96. The van der Waals surface area contributed by atoms with Crippen LogP contribution in [0.1, 0.15) is 0 Å². The largest absolute Gasteiger partial charge is 2.00 e. The summed E-state index contributed by atoms with van der Waals surface area (Å²) in [5.74, 6) is 0. The maximum atomic E-state index is 11.1. The molecule has 0 aliphatic carbocycles. The molecular formula is C26H20CoN2O4. The second-order valence-electron chi connectivity index (χ2n) is 6.54. The third-order valence-corrected chi connectivity index (χ3v) is 4.42. The summed E-state index contributed by atoms with van der Waals surface area (Å²) in [5.41, 5.74) is 2.31. The smallest absolute Gasteiger partial charge is 0.529 e. The zero-order valence-electron chi connectivity index (χ0n) is 17.4. The quantitative estimate of drug-likeness (QED) is 0.432. The fourth-order valence-electron chi connectivity index (χ4n) is 3.03. The van der Waals surface area contributed by atoms with Crippen LogP contribution in [0.15, 0.2) is 121 Å². The second kappa shape index (κ2) is 12.7. The van der Waals surface area contributed by atoms with Crippen LogP contribution in [0.2, 0.25) is 0 Å². The van der Waals surface area contributed by atoms with Crippen LogP contribution in [0.3, 0.4) is 0 Å². The Labute approximate surface area is 202 Å². The van der Waals surface area contributed by atoms with Gasteiger partial charge in [0.15, 0.2) is 0 Å². The number of anilines is 4. The molecule has 0 aromatic heterocycles. The number of amides is 2. The van der Waals surface area contributed by atoms with E-state index in [9.17, 15) is 19.8 Å². The van der Waals surface area contributed by atoms with Crippen molar-refractivity contribution in [2.75, 3.05) is 9.80 Å². The van der Waals surface area contributed by atoms with Gasteiger partial charge in [0.2, 0.25) is 0 Å². The summed E-state index contributed by atoms with van der Waals surface area (Å²) in [6.45, 7) is 0. The predicted molar refractivity (Wildman–Crippen MR) is 121 cm³/mol. The van der Waals surface area contributed by atoms with E-state index in [2.05, 4.69) is 0 Å². The summed E-state index contributed by atoms with van der Waals surface area (Å²) < 4.78 is 0. The number of para-hydroxylation sites is 4. The monoisotopic (exact) mass is 483 g/mol. The molecule has 2 amide bonds. The molecule has 4 aromatic rings. The van der Waals surface area contributed by atoms with Crippen molar-refractivity contribution in [1.82, 2.24) is 0 Å². The first-order chi connectivity index (χ1) is 15.6. The van der Waals surface area contributed by atoms with Crippen LogP contribution in [0.25, 0.3) is 0 Å². The molecule has 0 N–H and O–H groups in total. The Morgan fingerprint density at radius 3 is 0.758 bits per heavy atom.